The fourth-order valence-corrected chi connectivity index (χ4v) is 3.49. The van der Waals surface area contributed by atoms with Gasteiger partial charge in [0.2, 0.25) is 0 Å². The molecule has 0 saturated carbocycles. The third kappa shape index (κ3) is 4.00. The molecule has 0 aliphatic heterocycles. The molecule has 0 fully saturated rings. The van der Waals surface area contributed by atoms with Gasteiger partial charge < -0.3 is 24.3 Å². The number of pyridine rings is 1. The van der Waals surface area contributed by atoms with E-state index < -0.39 is 11.9 Å². The number of fused-ring (bicyclic) bond motifs is 1. The molecular formula is C23H22N4O4. The molecule has 1 unspecified atom stereocenters. The zero-order valence-electron chi connectivity index (χ0n) is 17.4. The molecule has 1 amide bonds. The van der Waals surface area contributed by atoms with Gasteiger partial charge in [-0.05, 0) is 35.2 Å². The first-order valence-corrected chi connectivity index (χ1v) is 9.63. The Balaban J connectivity index is 1.77. The van der Waals surface area contributed by atoms with Crippen LogP contribution in [0.2, 0.25) is 0 Å². The minimum atomic E-state index is -0.605. The van der Waals surface area contributed by atoms with Crippen LogP contribution in [-0.4, -0.2) is 34.7 Å². The molecule has 0 spiro atoms. The predicted molar refractivity (Wildman–Crippen MR) is 117 cm³/mol. The van der Waals surface area contributed by atoms with E-state index in [0.717, 1.165) is 5.56 Å². The summed E-state index contributed by atoms with van der Waals surface area (Å²) in [6.07, 6.45) is 3.45. The summed E-state index contributed by atoms with van der Waals surface area (Å²) >= 11 is 0. The van der Waals surface area contributed by atoms with Crippen LogP contribution in [-0.2, 0) is 7.05 Å². The molecule has 0 bridgehead atoms. The number of nitrogens with one attached hydrogen (secondary N) is 2. The number of amides is 1. The Hall–Kier alpha value is -4.07. The van der Waals surface area contributed by atoms with Gasteiger partial charge in [0, 0.05) is 30.9 Å². The number of aromatic nitrogens is 3. The molecule has 4 rings (SSSR count). The molecule has 4 aromatic rings. The lowest BCUT2D eigenvalue weighted by atomic mass is 10.0. The monoisotopic (exact) mass is 418 g/mol. The van der Waals surface area contributed by atoms with Gasteiger partial charge in [0.05, 0.1) is 14.2 Å². The molecule has 8 heteroatoms. The summed E-state index contributed by atoms with van der Waals surface area (Å²) in [6.45, 7) is 0. The Labute approximate surface area is 178 Å². The molecule has 0 radical (unpaired) electrons. The van der Waals surface area contributed by atoms with Crippen molar-refractivity contribution in [2.24, 2.45) is 7.05 Å². The van der Waals surface area contributed by atoms with Crippen LogP contribution < -0.4 is 20.3 Å². The van der Waals surface area contributed by atoms with Crippen molar-refractivity contribution in [3.05, 3.63) is 88.4 Å². The first-order valence-electron chi connectivity index (χ1n) is 9.63. The van der Waals surface area contributed by atoms with E-state index in [4.69, 9.17) is 9.47 Å². The predicted octanol–water partition coefficient (Wildman–Crippen LogP) is 2.80. The van der Waals surface area contributed by atoms with Crippen molar-refractivity contribution in [2.75, 3.05) is 14.2 Å². The summed E-state index contributed by atoms with van der Waals surface area (Å²) in [6, 6.07) is 13.5. The highest BCUT2D eigenvalue weighted by Crippen LogP contribution is 2.29. The van der Waals surface area contributed by atoms with E-state index in [1.807, 2.05) is 29.8 Å². The topological polar surface area (TPSA) is 98.2 Å². The van der Waals surface area contributed by atoms with Gasteiger partial charge in [0.25, 0.3) is 11.5 Å². The maximum atomic E-state index is 13.2. The molecule has 158 valence electrons. The van der Waals surface area contributed by atoms with Gasteiger partial charge in [-0.15, -0.1) is 0 Å². The van der Waals surface area contributed by atoms with Gasteiger partial charge in [-0.3, -0.25) is 9.59 Å². The lowest BCUT2D eigenvalue weighted by molar-refractivity contribution is 0.0936. The lowest BCUT2D eigenvalue weighted by Crippen LogP contribution is -2.32. The quantitative estimate of drug-likeness (QED) is 0.502. The second kappa shape index (κ2) is 8.35. The molecule has 0 aliphatic carbocycles. The molecule has 8 nitrogen and oxygen atoms in total. The summed E-state index contributed by atoms with van der Waals surface area (Å²) in [5.41, 5.74) is 0.569. The number of hydrogen-bond acceptors (Lipinski definition) is 5. The molecular weight excluding hydrogens is 396 g/mol. The summed E-state index contributed by atoms with van der Waals surface area (Å²) in [5.74, 6) is 1.35. The minimum Gasteiger partial charge on any atom is -0.497 e. The van der Waals surface area contributed by atoms with E-state index in [1.54, 1.807) is 56.9 Å². The first kappa shape index (κ1) is 20.2. The zero-order valence-corrected chi connectivity index (χ0v) is 17.4. The number of imidazole rings is 1. The molecule has 1 atom stereocenters. The van der Waals surface area contributed by atoms with Crippen molar-refractivity contribution < 1.29 is 14.3 Å². The smallest absolute Gasteiger partial charge is 0.268 e. The average molecular weight is 418 g/mol. The van der Waals surface area contributed by atoms with Gasteiger partial charge in [0.15, 0.2) is 0 Å². The Bertz CT molecular complexity index is 1290. The number of ether oxygens (including phenoxy) is 2. The number of carbonyl (C=O) groups excluding carboxylic acids is 1. The summed E-state index contributed by atoms with van der Waals surface area (Å²) in [5, 5.41) is 4.20. The van der Waals surface area contributed by atoms with Crippen molar-refractivity contribution in [2.45, 2.75) is 6.04 Å². The van der Waals surface area contributed by atoms with Gasteiger partial charge >= 0.3 is 0 Å². The highest BCUT2D eigenvalue weighted by Gasteiger charge is 2.23. The second-order valence-electron chi connectivity index (χ2n) is 7.05. The van der Waals surface area contributed by atoms with Crippen LogP contribution in [0, 0.1) is 0 Å². The van der Waals surface area contributed by atoms with E-state index in [2.05, 4.69) is 15.3 Å². The van der Waals surface area contributed by atoms with Crippen LogP contribution in [0.1, 0.15) is 27.9 Å². The Morgan fingerprint density at radius 3 is 2.45 bits per heavy atom. The molecule has 0 saturated heterocycles. The fraction of sp³-hybridized carbons (Fsp3) is 0.174. The Morgan fingerprint density at radius 2 is 1.81 bits per heavy atom. The van der Waals surface area contributed by atoms with Crippen LogP contribution in [0.4, 0.5) is 0 Å². The molecule has 0 aliphatic rings. The SMILES string of the molecule is COc1cc(OC)cc(C(NC(=O)c2cc3ccccc3c(=O)[nH]2)c2nccn2C)c1. The number of nitrogens with zero attached hydrogens (tertiary/aromatic N) is 2. The van der Waals surface area contributed by atoms with Crippen LogP contribution in [0.25, 0.3) is 10.8 Å². The fourth-order valence-electron chi connectivity index (χ4n) is 3.49. The van der Waals surface area contributed by atoms with Crippen LogP contribution in [0.15, 0.2) is 65.7 Å². The second-order valence-corrected chi connectivity index (χ2v) is 7.05. The minimum absolute atomic E-state index is 0.165. The summed E-state index contributed by atoms with van der Waals surface area (Å²) in [7, 11) is 4.97. The lowest BCUT2D eigenvalue weighted by Gasteiger charge is -2.20. The van der Waals surface area contributed by atoms with Gasteiger partial charge in [-0.1, -0.05) is 18.2 Å². The van der Waals surface area contributed by atoms with E-state index in [1.165, 1.54) is 0 Å². The van der Waals surface area contributed by atoms with Crippen molar-refractivity contribution >= 4 is 16.7 Å². The van der Waals surface area contributed by atoms with Crippen molar-refractivity contribution in [1.82, 2.24) is 19.9 Å². The number of aromatic amines is 1. The Kier molecular flexibility index (Phi) is 5.44. The van der Waals surface area contributed by atoms with Gasteiger partial charge in [0.1, 0.15) is 29.1 Å². The van der Waals surface area contributed by atoms with Crippen molar-refractivity contribution in [3.8, 4) is 11.5 Å². The summed E-state index contributed by atoms with van der Waals surface area (Å²) in [4.78, 5) is 32.7. The van der Waals surface area contributed by atoms with Crippen LogP contribution >= 0.6 is 0 Å². The number of methoxy groups -OCH3 is 2. The molecule has 2 aromatic heterocycles. The number of benzene rings is 2. The van der Waals surface area contributed by atoms with Crippen LogP contribution in [0.5, 0.6) is 11.5 Å². The standard InChI is InChI=1S/C23H22N4O4/c1-27-9-8-24-21(27)20(15-10-16(30-2)13-17(11-15)31-3)26-23(29)19-12-14-6-4-5-7-18(14)22(28)25-19/h4-13,20H,1-3H3,(H,25,28)(H,26,29). The number of hydrogen-bond donors (Lipinski definition) is 2. The van der Waals surface area contributed by atoms with Gasteiger partial charge in [-0.2, -0.15) is 0 Å². The average Bonchev–Trinajstić information content (AvgIpc) is 3.22. The molecule has 2 N–H and O–H groups in total. The van der Waals surface area contributed by atoms with Gasteiger partial charge in [-0.25, -0.2) is 4.98 Å². The third-order valence-corrected chi connectivity index (χ3v) is 5.10. The maximum absolute atomic E-state index is 13.2. The van der Waals surface area contributed by atoms with Crippen LogP contribution in [0.3, 0.4) is 0 Å². The highest BCUT2D eigenvalue weighted by molar-refractivity contribution is 5.96. The van der Waals surface area contributed by atoms with E-state index in [9.17, 15) is 9.59 Å². The van der Waals surface area contributed by atoms with E-state index in [-0.39, 0.29) is 11.3 Å². The third-order valence-electron chi connectivity index (χ3n) is 5.10. The number of H-pyrrole nitrogens is 1. The van der Waals surface area contributed by atoms with Crippen molar-refractivity contribution in [1.29, 1.82) is 0 Å². The number of rotatable bonds is 6. The normalized spacial score (nSPS) is 11.8. The number of aryl methyl sites for hydroxylation is 1. The van der Waals surface area contributed by atoms with E-state index >= 15 is 0 Å². The largest absolute Gasteiger partial charge is 0.497 e. The first-order chi connectivity index (χ1) is 15.0. The molecule has 31 heavy (non-hydrogen) atoms. The number of carbonyl (C=O) groups is 1. The molecule has 2 aromatic carbocycles. The van der Waals surface area contributed by atoms with Crippen molar-refractivity contribution in [3.63, 3.8) is 0 Å². The molecule has 2 heterocycles. The maximum Gasteiger partial charge on any atom is 0.268 e. The summed E-state index contributed by atoms with van der Waals surface area (Å²) < 4.78 is 12.6. The van der Waals surface area contributed by atoms with E-state index in [0.29, 0.717) is 28.1 Å². The Morgan fingerprint density at radius 1 is 1.10 bits per heavy atom. The zero-order chi connectivity index (χ0) is 22.0. The highest BCUT2D eigenvalue weighted by atomic mass is 16.5.